The molecule has 21 heteroatoms. The minimum Gasteiger partial charge on any atom is -0.493 e. The third-order valence-electron chi connectivity index (χ3n) is 14.2. The zero-order chi connectivity index (χ0) is 60.0. The van der Waals surface area contributed by atoms with Crippen LogP contribution in [0.3, 0.4) is 0 Å². The van der Waals surface area contributed by atoms with Gasteiger partial charge < -0.3 is 38.6 Å². The van der Waals surface area contributed by atoms with E-state index in [1.54, 1.807) is 31.2 Å². The summed E-state index contributed by atoms with van der Waals surface area (Å²) in [6.07, 6.45) is 6.88. The number of aromatic nitrogens is 5. The van der Waals surface area contributed by atoms with Crippen LogP contribution in [-0.2, 0) is 29.0 Å². The van der Waals surface area contributed by atoms with Gasteiger partial charge in [-0.05, 0) is 139 Å². The van der Waals surface area contributed by atoms with Gasteiger partial charge in [-0.2, -0.15) is 4.80 Å². The maximum atomic E-state index is 13.4. The number of carboxylic acids is 1. The summed E-state index contributed by atoms with van der Waals surface area (Å²) in [5, 5.41) is 29.4. The topological polar surface area (TPSA) is 208 Å². The van der Waals surface area contributed by atoms with E-state index in [4.69, 9.17) is 18.4 Å². The van der Waals surface area contributed by atoms with Crippen LogP contribution in [0.5, 0.6) is 11.5 Å². The molecule has 0 saturated carbocycles. The number of benzene rings is 5. The third-order valence-corrected chi connectivity index (χ3v) is 16.5. The molecular weight excluding hydrogens is 1270 g/mol. The Balaban J connectivity index is 0.000000167. The number of fused-ring (bicyclic) bond motifs is 1. The second-order valence-electron chi connectivity index (χ2n) is 21.0. The van der Waals surface area contributed by atoms with E-state index in [0.717, 1.165) is 79.2 Å². The van der Waals surface area contributed by atoms with E-state index in [2.05, 4.69) is 116 Å². The number of carbonyl (C=O) groups excluding carboxylic acids is 3. The SMILES string of the molecule is CC(=O)Cn1nnc(-c2cc(N3CCC(Oc4cc(F)ccc4Br)CC3)no2)n1.CCOc1cc(CC(=O)N[C@@H](CC(C)C)c2ccccc2N2CCCCC2)ccc1C(=O)O.CCc1oc2ccccc2c1C(=O)c1cc(Br)c(C)c(Br)c1. The number of tetrazole rings is 1. The quantitative estimate of drug-likeness (QED) is 0.0722. The van der Waals surface area contributed by atoms with Gasteiger partial charge in [0.15, 0.2) is 17.4 Å². The molecule has 0 radical (unpaired) electrons. The fraction of sp³-hybridized carbons (Fsp3) is 0.365. The summed E-state index contributed by atoms with van der Waals surface area (Å²) in [7, 11) is 0. The van der Waals surface area contributed by atoms with Crippen molar-refractivity contribution in [2.75, 3.05) is 42.6 Å². The zero-order valence-corrected chi connectivity index (χ0v) is 52.6. The Bertz CT molecular complexity index is 3570. The predicted octanol–water partition coefficient (Wildman–Crippen LogP) is 14.1. The molecule has 1 atom stereocenters. The molecule has 2 aliphatic rings. The van der Waals surface area contributed by atoms with Crippen molar-refractivity contribution >= 4 is 93.7 Å². The van der Waals surface area contributed by atoms with Crippen LogP contribution in [0.2, 0.25) is 0 Å². The molecule has 10 rings (SSSR count). The van der Waals surface area contributed by atoms with E-state index in [-0.39, 0.29) is 59.8 Å². The van der Waals surface area contributed by atoms with Crippen molar-refractivity contribution in [3.05, 3.63) is 162 Å². The summed E-state index contributed by atoms with van der Waals surface area (Å²) in [4.78, 5) is 54.4. The number of para-hydroxylation sites is 2. The van der Waals surface area contributed by atoms with E-state index in [1.807, 2.05) is 56.3 Å². The average molecular weight is 1340 g/mol. The van der Waals surface area contributed by atoms with Gasteiger partial charge in [0.2, 0.25) is 17.5 Å². The lowest BCUT2D eigenvalue weighted by atomic mass is 9.94. The Hall–Kier alpha value is -7.23. The summed E-state index contributed by atoms with van der Waals surface area (Å²) < 4.78 is 38.6. The van der Waals surface area contributed by atoms with Gasteiger partial charge in [0.25, 0.3) is 0 Å². The number of Topliss-reactive ketones (excluding diaryl/α,β-unsaturated/α-hetero) is 1. The second kappa shape index (κ2) is 29.5. The van der Waals surface area contributed by atoms with Crippen molar-refractivity contribution in [2.24, 2.45) is 5.92 Å². The number of carbonyl (C=O) groups is 4. The first kappa shape index (κ1) is 62.8. The Kier molecular flexibility index (Phi) is 22.1. The fourth-order valence-electron chi connectivity index (χ4n) is 10.1. The Morgan fingerprint density at radius 2 is 1.55 bits per heavy atom. The number of ether oxygens (including phenoxy) is 2. The van der Waals surface area contributed by atoms with Gasteiger partial charge in [-0.3, -0.25) is 14.4 Å². The van der Waals surface area contributed by atoms with Crippen molar-refractivity contribution < 1.29 is 47.1 Å². The molecule has 5 aromatic carbocycles. The summed E-state index contributed by atoms with van der Waals surface area (Å²) in [6, 6.07) is 30.7. The molecule has 2 fully saturated rings. The van der Waals surface area contributed by atoms with Crippen LogP contribution < -0.4 is 24.6 Å². The third kappa shape index (κ3) is 16.3. The van der Waals surface area contributed by atoms with Crippen LogP contribution in [-0.4, -0.2) is 92.8 Å². The largest absolute Gasteiger partial charge is 0.493 e. The predicted molar refractivity (Wildman–Crippen MR) is 331 cm³/mol. The van der Waals surface area contributed by atoms with Gasteiger partial charge in [-0.1, -0.05) is 100 Å². The van der Waals surface area contributed by atoms with Gasteiger partial charge >= 0.3 is 5.97 Å². The molecule has 2 aliphatic heterocycles. The molecule has 442 valence electrons. The van der Waals surface area contributed by atoms with E-state index in [9.17, 15) is 28.7 Å². The smallest absolute Gasteiger partial charge is 0.339 e. The maximum Gasteiger partial charge on any atom is 0.339 e. The summed E-state index contributed by atoms with van der Waals surface area (Å²) >= 11 is 10.4. The van der Waals surface area contributed by atoms with Gasteiger partial charge in [0, 0.05) is 83.2 Å². The zero-order valence-electron chi connectivity index (χ0n) is 47.8. The number of furan rings is 1. The lowest BCUT2D eigenvalue weighted by Crippen LogP contribution is -2.38. The highest BCUT2D eigenvalue weighted by atomic mass is 79.9. The number of carboxylic acid groups (broad SMARTS) is 1. The monoisotopic (exact) mass is 1340 g/mol. The Morgan fingerprint density at radius 3 is 2.24 bits per heavy atom. The first-order valence-electron chi connectivity index (χ1n) is 28.1. The van der Waals surface area contributed by atoms with Crippen LogP contribution in [0.15, 0.2) is 125 Å². The molecule has 17 nitrogen and oxygen atoms in total. The highest BCUT2D eigenvalue weighted by molar-refractivity contribution is 9.11. The van der Waals surface area contributed by atoms with E-state index in [1.165, 1.54) is 54.9 Å². The number of hydrogen-bond donors (Lipinski definition) is 2. The standard InChI is InChI=1S/C27H36N2O4.C18H14Br2O2.C18H18BrFN6O3/c1-4-33-25-17-20(12-13-22(25)27(31)32)18-26(30)28-23(16-19(2)3)21-10-6-7-11-24(21)29-14-8-5-9-15-29;1-3-15-17(12-6-4-5-7-16(12)22-15)18(21)11-8-13(19)10(2)14(20)9-11;1-11(27)10-26-22-18(21-24-26)16-9-17(23-29-16)25-6-4-13(5-7-25)28-15-8-12(20)2-3-14(15)19/h6-7,10-13,17,19,23H,4-5,8-9,14-16,18H2,1-3H3,(H,28,30)(H,31,32);4-9H,3H2,1-2H3;2-3,8-9,13H,4-7,10H2,1H3/t23-;;/m0../s1. The number of aryl methyl sites for hydroxylation is 1. The van der Waals surface area contributed by atoms with Crippen molar-refractivity contribution in [2.45, 2.75) is 112 Å². The van der Waals surface area contributed by atoms with Gasteiger partial charge in [-0.25, -0.2) is 9.18 Å². The molecule has 0 bridgehead atoms. The lowest BCUT2D eigenvalue weighted by molar-refractivity contribution is -0.121. The van der Waals surface area contributed by atoms with Crippen molar-refractivity contribution in [1.29, 1.82) is 0 Å². The molecular formula is C63H68Br3FN8O9. The van der Waals surface area contributed by atoms with Gasteiger partial charge in [0.1, 0.15) is 46.9 Å². The molecule has 0 unspecified atom stereocenters. The second-order valence-corrected chi connectivity index (χ2v) is 23.6. The van der Waals surface area contributed by atoms with Crippen LogP contribution in [0.25, 0.3) is 22.6 Å². The number of rotatable bonds is 19. The molecule has 1 amide bonds. The van der Waals surface area contributed by atoms with Crippen LogP contribution >= 0.6 is 47.8 Å². The number of aromatic carboxylic acids is 1. The molecule has 84 heavy (non-hydrogen) atoms. The summed E-state index contributed by atoms with van der Waals surface area (Å²) in [5.41, 5.74) is 6.36. The minimum atomic E-state index is -1.04. The highest BCUT2D eigenvalue weighted by Gasteiger charge is 2.27. The number of hydrogen-bond acceptors (Lipinski definition) is 14. The van der Waals surface area contributed by atoms with Gasteiger partial charge in [-0.15, -0.1) is 10.2 Å². The molecule has 0 aliphatic carbocycles. The van der Waals surface area contributed by atoms with Gasteiger partial charge in [0.05, 0.1) is 29.1 Å². The van der Waals surface area contributed by atoms with Crippen molar-refractivity contribution in [1.82, 2.24) is 30.7 Å². The molecule has 8 aromatic rings. The number of ketones is 2. The first-order valence-corrected chi connectivity index (χ1v) is 30.5. The highest BCUT2D eigenvalue weighted by Crippen LogP contribution is 2.35. The molecule has 2 saturated heterocycles. The number of anilines is 2. The number of halogens is 4. The number of amides is 1. The molecule has 2 N–H and O–H groups in total. The molecule has 0 spiro atoms. The maximum absolute atomic E-state index is 13.4. The van der Waals surface area contributed by atoms with E-state index in [0.29, 0.717) is 66.2 Å². The van der Waals surface area contributed by atoms with Crippen LogP contribution in [0.1, 0.15) is 128 Å². The minimum absolute atomic E-state index is 0.0103. The average Bonchev–Trinajstić information content (AvgIpc) is 4.45. The van der Waals surface area contributed by atoms with E-state index < -0.39 is 5.97 Å². The normalized spacial score (nSPS) is 13.8. The van der Waals surface area contributed by atoms with Crippen LogP contribution in [0.4, 0.5) is 15.9 Å². The Labute approximate surface area is 513 Å². The van der Waals surface area contributed by atoms with Crippen molar-refractivity contribution in [3.63, 3.8) is 0 Å². The van der Waals surface area contributed by atoms with Crippen molar-refractivity contribution in [3.8, 4) is 23.1 Å². The number of piperidine rings is 2. The number of nitrogens with one attached hydrogen (secondary N) is 1. The van der Waals surface area contributed by atoms with Crippen LogP contribution in [0, 0.1) is 18.7 Å². The molecule has 3 aromatic heterocycles. The first-order chi connectivity index (χ1) is 40.4. The van der Waals surface area contributed by atoms with E-state index >= 15 is 0 Å². The lowest BCUT2D eigenvalue weighted by Gasteiger charge is -2.33. The fourth-order valence-corrected chi connectivity index (χ4v) is 11.6. The summed E-state index contributed by atoms with van der Waals surface area (Å²) in [5.74, 6) is 1.76. The number of nitrogens with zero attached hydrogens (tertiary/aromatic N) is 7. The Morgan fingerprint density at radius 1 is 0.833 bits per heavy atom. The molecule has 5 heterocycles. The summed E-state index contributed by atoms with van der Waals surface area (Å²) in [6.45, 7) is 15.5.